The summed E-state index contributed by atoms with van der Waals surface area (Å²) in [6.45, 7) is 5.01. The Hall–Kier alpha value is -1.83. The van der Waals surface area contributed by atoms with Crippen LogP contribution in [0.5, 0.6) is 0 Å². The van der Waals surface area contributed by atoms with Crippen molar-refractivity contribution in [1.82, 2.24) is 20.2 Å². The third-order valence-electron chi connectivity index (χ3n) is 3.65. The topological polar surface area (TPSA) is 78.4 Å². The highest BCUT2D eigenvalue weighted by Crippen LogP contribution is 2.28. The van der Waals surface area contributed by atoms with Crippen LogP contribution >= 0.6 is 11.3 Å². The largest absolute Gasteiger partial charge is 0.477 e. The fourth-order valence-corrected chi connectivity index (χ4v) is 3.42. The average Bonchev–Trinajstić information content (AvgIpc) is 2.99. The maximum absolute atomic E-state index is 11.4. The monoisotopic (exact) mass is 318 g/mol. The first kappa shape index (κ1) is 15.1. The molecule has 0 radical (unpaired) electrons. The molecule has 2 aromatic rings. The van der Waals surface area contributed by atoms with E-state index in [2.05, 4.69) is 20.2 Å². The third kappa shape index (κ3) is 3.49. The lowest BCUT2D eigenvalue weighted by atomic mass is 10.2. The molecule has 0 amide bonds. The Bertz CT molecular complexity index is 638. The number of rotatable bonds is 5. The summed E-state index contributed by atoms with van der Waals surface area (Å²) in [6, 6.07) is 3.63. The van der Waals surface area contributed by atoms with Crippen LogP contribution in [0.1, 0.15) is 14.7 Å². The zero-order valence-electron chi connectivity index (χ0n) is 12.2. The number of hydrogen-bond donors (Lipinski definition) is 2. The van der Waals surface area contributed by atoms with Gasteiger partial charge in [0.05, 0.1) is 10.7 Å². The summed E-state index contributed by atoms with van der Waals surface area (Å²) in [5.74, 6) is -0.926. The molecule has 0 atom stereocenters. The molecule has 0 saturated carbocycles. The van der Waals surface area contributed by atoms with Crippen LogP contribution in [0.3, 0.4) is 0 Å². The molecular formula is C15H18N4O2S. The first-order chi connectivity index (χ1) is 10.7. The Morgan fingerprint density at radius 3 is 2.91 bits per heavy atom. The van der Waals surface area contributed by atoms with Crippen LogP contribution in [0, 0.1) is 0 Å². The molecule has 3 rings (SSSR count). The van der Waals surface area contributed by atoms with Crippen molar-refractivity contribution in [3.8, 4) is 11.3 Å². The van der Waals surface area contributed by atoms with Gasteiger partial charge in [0.25, 0.3) is 0 Å². The molecular weight excluding hydrogens is 300 g/mol. The van der Waals surface area contributed by atoms with Gasteiger partial charge in [0.1, 0.15) is 4.88 Å². The van der Waals surface area contributed by atoms with Gasteiger partial charge in [-0.1, -0.05) is 0 Å². The van der Waals surface area contributed by atoms with Crippen molar-refractivity contribution in [2.75, 3.05) is 32.7 Å². The van der Waals surface area contributed by atoms with E-state index in [1.54, 1.807) is 18.5 Å². The smallest absolute Gasteiger partial charge is 0.348 e. The number of piperazine rings is 1. The molecule has 0 unspecified atom stereocenters. The molecule has 7 heteroatoms. The molecule has 0 bridgehead atoms. The van der Waals surface area contributed by atoms with E-state index >= 15 is 0 Å². The van der Waals surface area contributed by atoms with Crippen LogP contribution in [0.4, 0.5) is 0 Å². The van der Waals surface area contributed by atoms with Gasteiger partial charge in [0.2, 0.25) is 0 Å². The molecule has 0 aromatic carbocycles. The number of hydrogen-bond acceptors (Lipinski definition) is 6. The average molecular weight is 318 g/mol. The van der Waals surface area contributed by atoms with Gasteiger partial charge in [-0.15, -0.1) is 11.3 Å². The van der Waals surface area contributed by atoms with Gasteiger partial charge in [0, 0.05) is 57.1 Å². The normalized spacial score (nSPS) is 15.8. The Balaban J connectivity index is 1.76. The summed E-state index contributed by atoms with van der Waals surface area (Å²) in [5, 5.41) is 13.6. The molecule has 0 aliphatic carbocycles. The molecule has 3 heterocycles. The maximum Gasteiger partial charge on any atom is 0.348 e. The molecule has 2 aromatic heterocycles. The van der Waals surface area contributed by atoms with E-state index in [9.17, 15) is 9.90 Å². The third-order valence-corrected chi connectivity index (χ3v) is 4.76. The van der Waals surface area contributed by atoms with Gasteiger partial charge < -0.3 is 15.3 Å². The molecule has 116 valence electrons. The van der Waals surface area contributed by atoms with Crippen molar-refractivity contribution in [3.63, 3.8) is 0 Å². The minimum absolute atomic E-state index is 0.295. The van der Waals surface area contributed by atoms with Crippen LogP contribution < -0.4 is 5.32 Å². The number of thiazole rings is 1. The van der Waals surface area contributed by atoms with Crippen LogP contribution in [-0.2, 0) is 6.42 Å². The molecule has 1 aliphatic rings. The lowest BCUT2D eigenvalue weighted by Crippen LogP contribution is -2.44. The first-order valence-corrected chi connectivity index (χ1v) is 8.12. The van der Waals surface area contributed by atoms with E-state index in [0.717, 1.165) is 49.7 Å². The van der Waals surface area contributed by atoms with Crippen LogP contribution in [-0.4, -0.2) is 58.7 Å². The van der Waals surface area contributed by atoms with Gasteiger partial charge in [-0.25, -0.2) is 9.78 Å². The second kappa shape index (κ2) is 6.95. The highest BCUT2D eigenvalue weighted by atomic mass is 32.1. The van der Waals surface area contributed by atoms with Gasteiger partial charge in [-0.3, -0.25) is 4.98 Å². The first-order valence-electron chi connectivity index (χ1n) is 7.30. The number of carbonyl (C=O) groups is 1. The van der Waals surface area contributed by atoms with Crippen molar-refractivity contribution < 1.29 is 9.90 Å². The molecule has 1 aliphatic heterocycles. The lowest BCUT2D eigenvalue weighted by molar-refractivity contribution is 0.0702. The lowest BCUT2D eigenvalue weighted by Gasteiger charge is -2.26. The Labute approximate surface area is 132 Å². The summed E-state index contributed by atoms with van der Waals surface area (Å²) < 4.78 is 0. The molecule has 1 saturated heterocycles. The SMILES string of the molecule is O=C(O)c1sc(CCN2CCNCC2)nc1-c1cccnc1. The minimum Gasteiger partial charge on any atom is -0.477 e. The van der Waals surface area contributed by atoms with Crippen molar-refractivity contribution in [2.24, 2.45) is 0 Å². The van der Waals surface area contributed by atoms with Gasteiger partial charge in [0.15, 0.2) is 0 Å². The molecule has 2 N–H and O–H groups in total. The van der Waals surface area contributed by atoms with Crippen LogP contribution in [0.25, 0.3) is 11.3 Å². The fraction of sp³-hybridized carbons (Fsp3) is 0.400. The molecule has 1 fully saturated rings. The summed E-state index contributed by atoms with van der Waals surface area (Å²) in [7, 11) is 0. The van der Waals surface area contributed by atoms with Crippen LogP contribution in [0.15, 0.2) is 24.5 Å². The number of nitrogens with one attached hydrogen (secondary N) is 1. The van der Waals surface area contributed by atoms with E-state index in [4.69, 9.17) is 0 Å². The Morgan fingerprint density at radius 2 is 2.23 bits per heavy atom. The quantitative estimate of drug-likeness (QED) is 0.866. The minimum atomic E-state index is -0.926. The number of nitrogens with zero attached hydrogens (tertiary/aromatic N) is 3. The molecule has 22 heavy (non-hydrogen) atoms. The summed E-state index contributed by atoms with van der Waals surface area (Å²) >= 11 is 1.27. The number of pyridine rings is 1. The summed E-state index contributed by atoms with van der Waals surface area (Å²) in [4.78, 5) is 22.7. The van der Waals surface area contributed by atoms with E-state index in [0.29, 0.717) is 10.6 Å². The summed E-state index contributed by atoms with van der Waals surface area (Å²) in [5.41, 5.74) is 1.28. The van der Waals surface area contributed by atoms with Crippen molar-refractivity contribution in [3.05, 3.63) is 34.4 Å². The number of carboxylic acids is 1. The van der Waals surface area contributed by atoms with E-state index in [1.807, 2.05) is 6.07 Å². The zero-order valence-corrected chi connectivity index (χ0v) is 13.0. The highest BCUT2D eigenvalue weighted by Gasteiger charge is 2.19. The molecule has 0 spiro atoms. The van der Waals surface area contributed by atoms with E-state index in [1.165, 1.54) is 11.3 Å². The molecule has 6 nitrogen and oxygen atoms in total. The summed E-state index contributed by atoms with van der Waals surface area (Å²) in [6.07, 6.45) is 4.11. The number of aromatic nitrogens is 2. The Morgan fingerprint density at radius 1 is 1.41 bits per heavy atom. The van der Waals surface area contributed by atoms with Gasteiger partial charge >= 0.3 is 5.97 Å². The van der Waals surface area contributed by atoms with Crippen molar-refractivity contribution >= 4 is 17.3 Å². The number of carboxylic acid groups (broad SMARTS) is 1. The van der Waals surface area contributed by atoms with E-state index in [-0.39, 0.29) is 0 Å². The van der Waals surface area contributed by atoms with Gasteiger partial charge in [-0.05, 0) is 12.1 Å². The Kier molecular flexibility index (Phi) is 4.77. The second-order valence-corrected chi connectivity index (χ2v) is 6.26. The second-order valence-electron chi connectivity index (χ2n) is 5.17. The number of aromatic carboxylic acids is 1. The fourth-order valence-electron chi connectivity index (χ4n) is 2.50. The van der Waals surface area contributed by atoms with Crippen LogP contribution in [0.2, 0.25) is 0 Å². The van der Waals surface area contributed by atoms with Crippen molar-refractivity contribution in [1.29, 1.82) is 0 Å². The maximum atomic E-state index is 11.4. The predicted octanol–water partition coefficient (Wildman–Crippen LogP) is 1.35. The highest BCUT2D eigenvalue weighted by molar-refractivity contribution is 7.14. The predicted molar refractivity (Wildman–Crippen MR) is 85.3 cm³/mol. The van der Waals surface area contributed by atoms with Crippen molar-refractivity contribution in [2.45, 2.75) is 6.42 Å². The van der Waals surface area contributed by atoms with Gasteiger partial charge in [-0.2, -0.15) is 0 Å². The van der Waals surface area contributed by atoms with E-state index < -0.39 is 5.97 Å². The standard InChI is InChI=1S/C15H18N4O2S/c20-15(21)14-13(11-2-1-4-17-10-11)18-12(22-14)3-7-19-8-5-16-6-9-19/h1-2,4,10,16H,3,5-9H2,(H,20,21). The zero-order chi connectivity index (χ0) is 15.4.